The zero-order valence-corrected chi connectivity index (χ0v) is 11.0. The third kappa shape index (κ3) is 2.44. The molecular weight excluding hydrogens is 180 g/mol. The van der Waals surface area contributed by atoms with Crippen LogP contribution in [0.1, 0.15) is 12.5 Å². The summed E-state index contributed by atoms with van der Waals surface area (Å²) in [5.74, 6) is 0. The summed E-state index contributed by atoms with van der Waals surface area (Å²) in [5.41, 5.74) is 1.32. The molecule has 0 atom stereocenters. The molecule has 3 heteroatoms. The van der Waals surface area contributed by atoms with Crippen molar-refractivity contribution in [2.75, 3.05) is 0 Å². The second kappa shape index (κ2) is 5.08. The van der Waals surface area contributed by atoms with Gasteiger partial charge in [-0.1, -0.05) is 36.4 Å². The van der Waals surface area contributed by atoms with Crippen molar-refractivity contribution in [2.45, 2.75) is 6.92 Å². The molecule has 0 aromatic heterocycles. The Hall–Kier alpha value is -0.646. The first-order valence-electron chi connectivity index (χ1n) is 4.08. The highest BCUT2D eigenvalue weighted by molar-refractivity contribution is 6.58. The predicted octanol–water partition coefficient (Wildman–Crippen LogP) is 0.428. The summed E-state index contributed by atoms with van der Waals surface area (Å²) in [4.78, 5) is 0. The Morgan fingerprint density at radius 3 is 2.58 bits per heavy atom. The molecule has 1 aromatic carbocycles. The van der Waals surface area contributed by atoms with E-state index in [1.807, 2.05) is 6.07 Å². The third-order valence-electron chi connectivity index (χ3n) is 1.79. The van der Waals surface area contributed by atoms with Gasteiger partial charge in [0.05, 0.1) is 0 Å². The minimum atomic E-state index is -0.440. The third-order valence-corrected chi connectivity index (χ3v) is 4.08. The highest BCUT2D eigenvalue weighted by Gasteiger charge is 1.97. The van der Waals surface area contributed by atoms with Crippen LogP contribution in [-0.2, 0) is 4.12 Å². The molecular formula is C9H14OSi2. The second-order valence-corrected chi connectivity index (χ2v) is 5.97. The van der Waals surface area contributed by atoms with Gasteiger partial charge in [-0.2, -0.15) is 0 Å². The molecule has 0 spiro atoms. The molecule has 0 saturated carbocycles. The number of hydrogen-bond acceptors (Lipinski definition) is 1. The van der Waals surface area contributed by atoms with E-state index < -0.39 is 9.76 Å². The number of allylic oxidation sites excluding steroid dienone is 1. The number of hydrogen-bond donors (Lipinski definition) is 0. The van der Waals surface area contributed by atoms with Crippen LogP contribution < -0.4 is 0 Å². The van der Waals surface area contributed by atoms with E-state index in [0.717, 1.165) is 10.5 Å². The van der Waals surface area contributed by atoms with Crippen molar-refractivity contribution in [2.24, 2.45) is 0 Å². The lowest BCUT2D eigenvalue weighted by Gasteiger charge is -2.04. The molecule has 1 rings (SSSR count). The topological polar surface area (TPSA) is 9.23 Å². The summed E-state index contributed by atoms with van der Waals surface area (Å²) in [5, 5.41) is 1.41. The zero-order valence-electron chi connectivity index (χ0n) is 7.58. The second-order valence-electron chi connectivity index (χ2n) is 2.61. The Balaban J connectivity index is 2.82. The Bertz CT molecular complexity index is 256. The number of benzene rings is 1. The first-order valence-corrected chi connectivity index (χ1v) is 6.18. The largest absolute Gasteiger partial charge is 0.465 e. The normalized spacial score (nSPS) is 12.9. The van der Waals surface area contributed by atoms with Crippen LogP contribution in [0.15, 0.2) is 36.4 Å². The van der Waals surface area contributed by atoms with Gasteiger partial charge in [-0.15, -0.1) is 0 Å². The maximum Gasteiger partial charge on any atom is 0.178 e. The molecule has 0 unspecified atom stereocenters. The molecule has 1 nitrogen and oxygen atoms in total. The summed E-state index contributed by atoms with van der Waals surface area (Å²) in [7, 11) is 0.424. The van der Waals surface area contributed by atoms with Gasteiger partial charge >= 0.3 is 0 Å². The van der Waals surface area contributed by atoms with Crippen LogP contribution in [0.3, 0.4) is 0 Å². The standard InChI is InChI=1S/C9H14OSi2/c1-2-9(12-10-11)8-6-4-3-5-7-8/h2-7H,12H2,1,11H3. The van der Waals surface area contributed by atoms with Gasteiger partial charge < -0.3 is 4.12 Å². The van der Waals surface area contributed by atoms with Crippen molar-refractivity contribution in [3.8, 4) is 0 Å². The van der Waals surface area contributed by atoms with Crippen molar-refractivity contribution < 1.29 is 4.12 Å². The molecule has 0 heterocycles. The van der Waals surface area contributed by atoms with Crippen molar-refractivity contribution in [3.63, 3.8) is 0 Å². The van der Waals surface area contributed by atoms with Gasteiger partial charge in [-0.3, -0.25) is 0 Å². The van der Waals surface area contributed by atoms with E-state index >= 15 is 0 Å². The summed E-state index contributed by atoms with van der Waals surface area (Å²) in [6.07, 6.45) is 2.17. The van der Waals surface area contributed by atoms with Gasteiger partial charge in [0.2, 0.25) is 0 Å². The first-order chi connectivity index (χ1) is 5.88. The maximum atomic E-state index is 5.36. The Kier molecular flexibility index (Phi) is 4.00. The summed E-state index contributed by atoms with van der Waals surface area (Å²) in [6.45, 7) is 2.08. The van der Waals surface area contributed by atoms with Crippen LogP contribution in [-0.4, -0.2) is 20.2 Å². The Morgan fingerprint density at radius 2 is 2.08 bits per heavy atom. The van der Waals surface area contributed by atoms with Crippen LogP contribution in [0, 0.1) is 0 Å². The zero-order chi connectivity index (χ0) is 8.81. The summed E-state index contributed by atoms with van der Waals surface area (Å²) in [6, 6.07) is 10.5. The van der Waals surface area contributed by atoms with E-state index in [1.54, 1.807) is 0 Å². The quantitative estimate of drug-likeness (QED) is 0.634. The molecule has 0 amide bonds. The van der Waals surface area contributed by atoms with Gasteiger partial charge in [-0.25, -0.2) is 0 Å². The van der Waals surface area contributed by atoms with E-state index in [9.17, 15) is 0 Å². The molecule has 0 aliphatic carbocycles. The average Bonchev–Trinajstić information content (AvgIpc) is 2.15. The van der Waals surface area contributed by atoms with Gasteiger partial charge in [0.1, 0.15) is 10.5 Å². The molecule has 0 bridgehead atoms. The van der Waals surface area contributed by atoms with E-state index in [2.05, 4.69) is 37.3 Å². The van der Waals surface area contributed by atoms with Crippen LogP contribution in [0.2, 0.25) is 0 Å². The first kappa shape index (κ1) is 9.44. The monoisotopic (exact) mass is 194 g/mol. The lowest BCUT2D eigenvalue weighted by molar-refractivity contribution is 0.677. The van der Waals surface area contributed by atoms with Gasteiger partial charge in [0.25, 0.3) is 0 Å². The highest BCUT2D eigenvalue weighted by atomic mass is 28.3. The average molecular weight is 194 g/mol. The fourth-order valence-electron chi connectivity index (χ4n) is 1.14. The lowest BCUT2D eigenvalue weighted by atomic mass is 10.2. The van der Waals surface area contributed by atoms with E-state index in [1.165, 1.54) is 10.8 Å². The SMILES string of the molecule is CC=C([SiH2]O[SiH3])c1ccccc1. The molecule has 0 aliphatic rings. The fourth-order valence-corrected chi connectivity index (χ4v) is 2.95. The summed E-state index contributed by atoms with van der Waals surface area (Å²) < 4.78 is 5.36. The maximum absolute atomic E-state index is 5.36. The van der Waals surface area contributed by atoms with Crippen molar-refractivity contribution in [1.29, 1.82) is 0 Å². The van der Waals surface area contributed by atoms with E-state index in [4.69, 9.17) is 4.12 Å². The van der Waals surface area contributed by atoms with Crippen molar-refractivity contribution >= 4 is 25.4 Å². The molecule has 64 valence electrons. The van der Waals surface area contributed by atoms with Crippen molar-refractivity contribution in [3.05, 3.63) is 42.0 Å². The van der Waals surface area contributed by atoms with E-state index in [-0.39, 0.29) is 0 Å². The van der Waals surface area contributed by atoms with Crippen LogP contribution in [0.5, 0.6) is 0 Å². The van der Waals surface area contributed by atoms with Gasteiger partial charge in [-0.05, 0) is 17.7 Å². The van der Waals surface area contributed by atoms with Gasteiger partial charge in [0.15, 0.2) is 9.76 Å². The Morgan fingerprint density at radius 1 is 1.42 bits per heavy atom. The summed E-state index contributed by atoms with van der Waals surface area (Å²) >= 11 is 0. The molecule has 0 saturated heterocycles. The predicted molar refractivity (Wildman–Crippen MR) is 59.7 cm³/mol. The van der Waals surface area contributed by atoms with Gasteiger partial charge in [0, 0.05) is 0 Å². The lowest BCUT2D eigenvalue weighted by Crippen LogP contribution is -1.98. The molecule has 0 N–H and O–H groups in total. The van der Waals surface area contributed by atoms with Crippen LogP contribution in [0.25, 0.3) is 5.20 Å². The number of rotatable bonds is 3. The van der Waals surface area contributed by atoms with Crippen LogP contribution >= 0.6 is 0 Å². The minimum Gasteiger partial charge on any atom is -0.465 e. The molecule has 12 heavy (non-hydrogen) atoms. The molecule has 1 aromatic rings. The molecule has 0 aliphatic heterocycles. The minimum absolute atomic E-state index is 0.440. The highest BCUT2D eigenvalue weighted by Crippen LogP contribution is 2.11. The fraction of sp³-hybridized carbons (Fsp3) is 0.111. The molecule has 0 fully saturated rings. The smallest absolute Gasteiger partial charge is 0.178 e. The Labute approximate surface area is 78.9 Å². The van der Waals surface area contributed by atoms with Crippen LogP contribution in [0.4, 0.5) is 0 Å². The van der Waals surface area contributed by atoms with E-state index in [0.29, 0.717) is 0 Å². The van der Waals surface area contributed by atoms with Crippen molar-refractivity contribution in [1.82, 2.24) is 0 Å². The molecule has 0 radical (unpaired) electrons.